The van der Waals surface area contributed by atoms with Gasteiger partial charge >= 0.3 is 0 Å². The quantitative estimate of drug-likeness (QED) is 0.472. The van der Waals surface area contributed by atoms with Crippen molar-refractivity contribution in [3.8, 4) is 0 Å². The minimum absolute atomic E-state index is 0.00698. The molecule has 1 atom stereocenters. The van der Waals surface area contributed by atoms with Gasteiger partial charge in [0.1, 0.15) is 0 Å². The van der Waals surface area contributed by atoms with E-state index in [0.717, 1.165) is 12.0 Å². The molecule has 0 aliphatic heterocycles. The monoisotopic (exact) mass is 313 g/mol. The number of alkyl halides is 1. The Hall–Kier alpha value is -1.59. The van der Waals surface area contributed by atoms with E-state index < -0.39 is 4.92 Å². The van der Waals surface area contributed by atoms with Crippen LogP contribution in [0.5, 0.6) is 0 Å². The van der Waals surface area contributed by atoms with Crippen LogP contribution < -0.4 is 0 Å². The van der Waals surface area contributed by atoms with Crippen molar-refractivity contribution in [1.82, 2.24) is 9.78 Å². The van der Waals surface area contributed by atoms with E-state index in [4.69, 9.17) is 23.2 Å². The van der Waals surface area contributed by atoms with Crippen molar-refractivity contribution < 1.29 is 4.92 Å². The molecule has 0 bridgehead atoms. The maximum absolute atomic E-state index is 11.0. The molecule has 1 aromatic heterocycles. The van der Waals surface area contributed by atoms with Crippen LogP contribution in [-0.2, 0) is 6.54 Å². The number of nitrogens with zero attached hydrogens (tertiary/aromatic N) is 3. The number of halogens is 2. The summed E-state index contributed by atoms with van der Waals surface area (Å²) in [6.07, 6.45) is 4.25. The maximum atomic E-state index is 11.0. The lowest BCUT2D eigenvalue weighted by Crippen LogP contribution is -2.04. The number of nitro groups is 1. The van der Waals surface area contributed by atoms with Crippen LogP contribution in [0.3, 0.4) is 0 Å². The van der Waals surface area contributed by atoms with E-state index in [2.05, 4.69) is 5.10 Å². The standard InChI is InChI=1S/C13H13Cl2N3O2/c1-2-11(14)9-6-16-17(7-9)8-10-12(15)4-3-5-13(10)18(19)20/h3-7,11H,2,8H2,1H3. The van der Waals surface area contributed by atoms with Gasteiger partial charge in [0.2, 0.25) is 0 Å². The van der Waals surface area contributed by atoms with E-state index in [0.29, 0.717) is 10.6 Å². The van der Waals surface area contributed by atoms with Gasteiger partial charge in [0.05, 0.1) is 33.6 Å². The van der Waals surface area contributed by atoms with Crippen LogP contribution in [0, 0.1) is 10.1 Å². The first-order chi connectivity index (χ1) is 9.52. The molecule has 0 amide bonds. The van der Waals surface area contributed by atoms with Crippen molar-refractivity contribution >= 4 is 28.9 Å². The number of hydrogen-bond donors (Lipinski definition) is 0. The SMILES string of the molecule is CCC(Cl)c1cnn(Cc2c(Cl)cccc2[N+](=O)[O-])c1. The first-order valence-corrected chi connectivity index (χ1v) is 6.92. The van der Waals surface area contributed by atoms with Crippen molar-refractivity contribution in [3.05, 3.63) is 56.9 Å². The number of nitro benzene ring substituents is 1. The highest BCUT2D eigenvalue weighted by molar-refractivity contribution is 6.31. The van der Waals surface area contributed by atoms with Gasteiger partial charge in [0.15, 0.2) is 0 Å². The van der Waals surface area contributed by atoms with Crippen molar-refractivity contribution in [3.63, 3.8) is 0 Å². The summed E-state index contributed by atoms with van der Waals surface area (Å²) in [6.45, 7) is 2.22. The van der Waals surface area contributed by atoms with E-state index >= 15 is 0 Å². The molecule has 106 valence electrons. The normalized spacial score (nSPS) is 12.3. The predicted octanol–water partition coefficient (Wildman–Crippen LogP) is 4.18. The molecule has 1 heterocycles. The second-order valence-corrected chi connectivity index (χ2v) is 5.28. The third kappa shape index (κ3) is 3.11. The molecular weight excluding hydrogens is 301 g/mol. The van der Waals surface area contributed by atoms with Crippen LogP contribution in [0.25, 0.3) is 0 Å². The molecule has 0 aliphatic rings. The van der Waals surface area contributed by atoms with Crippen molar-refractivity contribution in [1.29, 1.82) is 0 Å². The fraction of sp³-hybridized carbons (Fsp3) is 0.308. The Balaban J connectivity index is 2.30. The first-order valence-electron chi connectivity index (χ1n) is 6.11. The third-order valence-corrected chi connectivity index (χ3v) is 3.90. The molecule has 20 heavy (non-hydrogen) atoms. The molecule has 0 spiro atoms. The van der Waals surface area contributed by atoms with Crippen LogP contribution in [0.1, 0.15) is 29.8 Å². The number of aromatic nitrogens is 2. The maximum Gasteiger partial charge on any atom is 0.275 e. The zero-order chi connectivity index (χ0) is 14.7. The third-order valence-electron chi connectivity index (χ3n) is 2.98. The second kappa shape index (κ2) is 6.24. The van der Waals surface area contributed by atoms with Gasteiger partial charge in [-0.3, -0.25) is 14.8 Å². The molecule has 1 unspecified atom stereocenters. The summed E-state index contributed by atoms with van der Waals surface area (Å²) in [6, 6.07) is 4.62. The molecule has 0 saturated carbocycles. The summed E-state index contributed by atoms with van der Waals surface area (Å²) < 4.78 is 1.61. The van der Waals surface area contributed by atoms with Gasteiger partial charge < -0.3 is 0 Å². The lowest BCUT2D eigenvalue weighted by molar-refractivity contribution is -0.385. The molecular formula is C13H13Cl2N3O2. The summed E-state index contributed by atoms with van der Waals surface area (Å²) >= 11 is 12.2. The summed E-state index contributed by atoms with van der Waals surface area (Å²) in [5, 5.41) is 15.4. The minimum Gasteiger partial charge on any atom is -0.268 e. The molecule has 7 heteroatoms. The minimum atomic E-state index is -0.442. The predicted molar refractivity (Wildman–Crippen MR) is 78.3 cm³/mol. The van der Waals surface area contributed by atoms with E-state index in [9.17, 15) is 10.1 Å². The van der Waals surface area contributed by atoms with Gasteiger partial charge in [-0.15, -0.1) is 11.6 Å². The smallest absolute Gasteiger partial charge is 0.268 e. The highest BCUT2D eigenvalue weighted by Crippen LogP contribution is 2.28. The summed E-state index contributed by atoms with van der Waals surface area (Å²) in [5.41, 5.74) is 1.33. The Labute approximate surface area is 126 Å². The van der Waals surface area contributed by atoms with Gasteiger partial charge in [-0.1, -0.05) is 24.6 Å². The second-order valence-electron chi connectivity index (χ2n) is 4.34. The Morgan fingerprint density at radius 1 is 1.50 bits per heavy atom. The van der Waals surface area contributed by atoms with E-state index in [1.165, 1.54) is 6.07 Å². The van der Waals surface area contributed by atoms with E-state index in [-0.39, 0.29) is 17.6 Å². The molecule has 0 N–H and O–H groups in total. The highest BCUT2D eigenvalue weighted by atomic mass is 35.5. The summed E-state index contributed by atoms with van der Waals surface area (Å²) in [7, 11) is 0. The zero-order valence-electron chi connectivity index (χ0n) is 10.8. The average Bonchev–Trinajstić information content (AvgIpc) is 2.88. The van der Waals surface area contributed by atoms with Gasteiger partial charge in [0, 0.05) is 17.8 Å². The molecule has 0 aliphatic carbocycles. The lowest BCUT2D eigenvalue weighted by atomic mass is 10.2. The van der Waals surface area contributed by atoms with Gasteiger partial charge in [-0.2, -0.15) is 5.10 Å². The fourth-order valence-electron chi connectivity index (χ4n) is 1.90. The summed E-state index contributed by atoms with van der Waals surface area (Å²) in [4.78, 5) is 10.6. The first kappa shape index (κ1) is 14.8. The Morgan fingerprint density at radius 3 is 2.90 bits per heavy atom. The van der Waals surface area contributed by atoms with Gasteiger partial charge in [-0.05, 0) is 12.5 Å². The molecule has 5 nitrogen and oxygen atoms in total. The largest absolute Gasteiger partial charge is 0.275 e. The average molecular weight is 314 g/mol. The van der Waals surface area contributed by atoms with Gasteiger partial charge in [0.25, 0.3) is 5.69 Å². The van der Waals surface area contributed by atoms with Crippen LogP contribution in [0.2, 0.25) is 5.02 Å². The van der Waals surface area contributed by atoms with Gasteiger partial charge in [-0.25, -0.2) is 0 Å². The van der Waals surface area contributed by atoms with Crippen LogP contribution in [-0.4, -0.2) is 14.7 Å². The molecule has 1 aromatic carbocycles. The number of hydrogen-bond acceptors (Lipinski definition) is 3. The van der Waals surface area contributed by atoms with Crippen molar-refractivity contribution in [2.45, 2.75) is 25.3 Å². The van der Waals surface area contributed by atoms with Crippen LogP contribution in [0.15, 0.2) is 30.6 Å². The fourth-order valence-corrected chi connectivity index (χ4v) is 2.24. The van der Waals surface area contributed by atoms with Crippen molar-refractivity contribution in [2.75, 3.05) is 0 Å². The zero-order valence-corrected chi connectivity index (χ0v) is 12.3. The number of benzene rings is 1. The Kier molecular flexibility index (Phi) is 4.62. The summed E-state index contributed by atoms with van der Waals surface area (Å²) in [5.74, 6) is 0. The van der Waals surface area contributed by atoms with E-state index in [1.807, 2.05) is 6.92 Å². The van der Waals surface area contributed by atoms with E-state index in [1.54, 1.807) is 29.2 Å². The molecule has 0 radical (unpaired) electrons. The van der Waals surface area contributed by atoms with Crippen LogP contribution >= 0.6 is 23.2 Å². The lowest BCUT2D eigenvalue weighted by Gasteiger charge is -2.06. The number of rotatable bonds is 5. The topological polar surface area (TPSA) is 61.0 Å². The van der Waals surface area contributed by atoms with Crippen molar-refractivity contribution in [2.24, 2.45) is 0 Å². The molecule has 0 saturated heterocycles. The Morgan fingerprint density at radius 2 is 2.25 bits per heavy atom. The molecule has 0 fully saturated rings. The highest BCUT2D eigenvalue weighted by Gasteiger charge is 2.17. The van der Waals surface area contributed by atoms with Crippen LogP contribution in [0.4, 0.5) is 5.69 Å². The molecule has 2 rings (SSSR count). The Bertz CT molecular complexity index is 628. The molecule has 2 aromatic rings.